The van der Waals surface area contributed by atoms with Crippen molar-refractivity contribution in [2.24, 2.45) is 0 Å². The number of phenols is 2. The van der Waals surface area contributed by atoms with E-state index in [4.69, 9.17) is 11.6 Å². The number of aromatic hydroxyl groups is 2. The molecule has 0 saturated carbocycles. The van der Waals surface area contributed by atoms with Crippen molar-refractivity contribution >= 4 is 46.5 Å². The zero-order valence-corrected chi connectivity index (χ0v) is 16.7. The van der Waals surface area contributed by atoms with Crippen LogP contribution in [0, 0.1) is 0 Å². The molecule has 0 radical (unpaired) electrons. The van der Waals surface area contributed by atoms with Crippen molar-refractivity contribution in [3.8, 4) is 11.5 Å². The molecule has 0 aliphatic carbocycles. The summed E-state index contributed by atoms with van der Waals surface area (Å²) in [4.78, 5) is 37.8. The Morgan fingerprint density at radius 2 is 1.83 bits per heavy atom. The van der Waals surface area contributed by atoms with Crippen LogP contribution >= 0.6 is 23.4 Å². The molecule has 2 aromatic carbocycles. The van der Waals surface area contributed by atoms with Crippen molar-refractivity contribution in [3.05, 3.63) is 63.5 Å². The van der Waals surface area contributed by atoms with Crippen LogP contribution in [0.4, 0.5) is 4.79 Å². The number of thioether (sulfide) groups is 1. The first-order valence-corrected chi connectivity index (χ1v) is 9.81. The second-order valence-corrected chi connectivity index (χ2v) is 7.67. The lowest BCUT2D eigenvalue weighted by Gasteiger charge is -2.12. The molecule has 7 nitrogen and oxygen atoms in total. The Labute approximate surface area is 176 Å². The van der Waals surface area contributed by atoms with Gasteiger partial charge >= 0.3 is 0 Å². The molecule has 1 aliphatic rings. The first kappa shape index (κ1) is 20.8. The zero-order chi connectivity index (χ0) is 21.0. The van der Waals surface area contributed by atoms with E-state index in [2.05, 4.69) is 5.32 Å². The van der Waals surface area contributed by atoms with Gasteiger partial charge in [-0.15, -0.1) is 0 Å². The van der Waals surface area contributed by atoms with Crippen LogP contribution in [-0.4, -0.2) is 45.3 Å². The highest BCUT2D eigenvalue weighted by atomic mass is 35.5. The Kier molecular flexibility index (Phi) is 6.46. The normalized spacial score (nSPS) is 15.2. The van der Waals surface area contributed by atoms with Gasteiger partial charge in [0.1, 0.15) is 6.54 Å². The highest BCUT2D eigenvalue weighted by Crippen LogP contribution is 2.32. The van der Waals surface area contributed by atoms with E-state index in [1.165, 1.54) is 12.1 Å². The van der Waals surface area contributed by atoms with Crippen LogP contribution in [0.2, 0.25) is 5.02 Å². The average molecular weight is 433 g/mol. The molecule has 1 aliphatic heterocycles. The minimum atomic E-state index is -0.520. The second kappa shape index (κ2) is 9.02. The third kappa shape index (κ3) is 5.30. The highest BCUT2D eigenvalue weighted by Gasteiger charge is 2.36. The summed E-state index contributed by atoms with van der Waals surface area (Å²) in [6.45, 7) is -0.122. The van der Waals surface area contributed by atoms with E-state index in [1.807, 2.05) is 0 Å². The number of hydrogen-bond acceptors (Lipinski definition) is 6. The van der Waals surface area contributed by atoms with Crippen LogP contribution in [0.3, 0.4) is 0 Å². The lowest BCUT2D eigenvalue weighted by atomic mass is 10.1. The molecule has 9 heteroatoms. The summed E-state index contributed by atoms with van der Waals surface area (Å²) in [7, 11) is 0. The maximum atomic E-state index is 12.4. The molecule has 29 heavy (non-hydrogen) atoms. The van der Waals surface area contributed by atoms with E-state index in [9.17, 15) is 24.6 Å². The number of benzene rings is 2. The van der Waals surface area contributed by atoms with Crippen molar-refractivity contribution in [2.75, 3.05) is 13.1 Å². The zero-order valence-electron chi connectivity index (χ0n) is 15.1. The summed E-state index contributed by atoms with van der Waals surface area (Å²) in [6.07, 6.45) is 1.99. The van der Waals surface area contributed by atoms with Gasteiger partial charge in [0, 0.05) is 11.6 Å². The van der Waals surface area contributed by atoms with E-state index in [0.717, 1.165) is 27.8 Å². The van der Waals surface area contributed by atoms with E-state index in [0.29, 0.717) is 11.4 Å². The number of amides is 3. The number of rotatable bonds is 6. The minimum absolute atomic E-state index is 0.219. The fraction of sp³-hybridized carbons (Fsp3) is 0.150. The van der Waals surface area contributed by atoms with Gasteiger partial charge in [0.25, 0.3) is 11.1 Å². The van der Waals surface area contributed by atoms with E-state index < -0.39 is 17.1 Å². The van der Waals surface area contributed by atoms with Gasteiger partial charge in [-0.25, -0.2) is 0 Å². The highest BCUT2D eigenvalue weighted by molar-refractivity contribution is 8.18. The Balaban J connectivity index is 1.54. The van der Waals surface area contributed by atoms with Crippen LogP contribution in [0.15, 0.2) is 47.4 Å². The average Bonchev–Trinajstić information content (AvgIpc) is 2.94. The molecule has 0 unspecified atom stereocenters. The molecule has 0 bridgehead atoms. The largest absolute Gasteiger partial charge is 0.504 e. The van der Waals surface area contributed by atoms with Crippen LogP contribution in [0.1, 0.15) is 11.1 Å². The van der Waals surface area contributed by atoms with Crippen molar-refractivity contribution < 1.29 is 24.6 Å². The number of nitrogens with one attached hydrogen (secondary N) is 1. The van der Waals surface area contributed by atoms with Gasteiger partial charge in [-0.3, -0.25) is 19.3 Å². The number of halogens is 1. The number of hydrogen-bond donors (Lipinski definition) is 3. The van der Waals surface area contributed by atoms with Crippen molar-refractivity contribution in [1.82, 2.24) is 10.2 Å². The smallest absolute Gasteiger partial charge is 0.294 e. The van der Waals surface area contributed by atoms with Gasteiger partial charge in [0.2, 0.25) is 5.91 Å². The van der Waals surface area contributed by atoms with Crippen LogP contribution in [-0.2, 0) is 16.0 Å². The summed E-state index contributed by atoms with van der Waals surface area (Å²) in [6, 6.07) is 11.2. The lowest BCUT2D eigenvalue weighted by molar-refractivity contribution is -0.129. The predicted molar refractivity (Wildman–Crippen MR) is 111 cm³/mol. The van der Waals surface area contributed by atoms with Gasteiger partial charge in [0.15, 0.2) is 11.5 Å². The molecule has 0 atom stereocenters. The molecule has 1 saturated heterocycles. The fourth-order valence-electron chi connectivity index (χ4n) is 2.62. The van der Waals surface area contributed by atoms with Gasteiger partial charge in [-0.2, -0.15) is 0 Å². The molecule has 1 fully saturated rings. The second-order valence-electron chi connectivity index (χ2n) is 6.24. The van der Waals surface area contributed by atoms with Crippen molar-refractivity contribution in [2.45, 2.75) is 6.42 Å². The molecule has 0 spiro atoms. The summed E-state index contributed by atoms with van der Waals surface area (Å²) in [5, 5.41) is 21.4. The third-order valence-electron chi connectivity index (χ3n) is 4.12. The monoisotopic (exact) mass is 432 g/mol. The number of phenolic OH excluding ortho intramolecular Hbond substituents is 2. The Morgan fingerprint density at radius 3 is 2.52 bits per heavy atom. The quantitative estimate of drug-likeness (QED) is 0.478. The number of nitrogens with zero attached hydrogens (tertiary/aromatic N) is 1. The molecular weight excluding hydrogens is 416 g/mol. The van der Waals surface area contributed by atoms with Crippen LogP contribution in [0.5, 0.6) is 11.5 Å². The van der Waals surface area contributed by atoms with E-state index in [1.54, 1.807) is 36.4 Å². The summed E-state index contributed by atoms with van der Waals surface area (Å²) in [5.41, 5.74) is 1.44. The Hall–Kier alpha value is -2.97. The summed E-state index contributed by atoms with van der Waals surface area (Å²) >= 11 is 6.61. The van der Waals surface area contributed by atoms with Gasteiger partial charge < -0.3 is 15.5 Å². The van der Waals surface area contributed by atoms with Crippen LogP contribution in [0.25, 0.3) is 6.08 Å². The molecular formula is C20H17ClN2O5S. The van der Waals surface area contributed by atoms with Gasteiger partial charge in [0.05, 0.1) is 4.91 Å². The van der Waals surface area contributed by atoms with Gasteiger partial charge in [-0.1, -0.05) is 29.8 Å². The van der Waals surface area contributed by atoms with E-state index in [-0.39, 0.29) is 29.5 Å². The summed E-state index contributed by atoms with van der Waals surface area (Å²) in [5.74, 6) is -1.44. The molecule has 3 amide bonds. The topological polar surface area (TPSA) is 107 Å². The maximum absolute atomic E-state index is 12.4. The molecule has 3 N–H and O–H groups in total. The summed E-state index contributed by atoms with van der Waals surface area (Å²) < 4.78 is 0. The molecule has 0 aromatic heterocycles. The third-order valence-corrected chi connectivity index (χ3v) is 5.28. The minimum Gasteiger partial charge on any atom is -0.504 e. The van der Waals surface area contributed by atoms with E-state index >= 15 is 0 Å². The maximum Gasteiger partial charge on any atom is 0.294 e. The number of carbonyl (C=O) groups excluding carboxylic acids is 3. The first-order chi connectivity index (χ1) is 13.8. The molecule has 150 valence electrons. The van der Waals surface area contributed by atoms with Crippen molar-refractivity contribution in [3.63, 3.8) is 0 Å². The van der Waals surface area contributed by atoms with Gasteiger partial charge in [-0.05, 0) is 59.7 Å². The van der Waals surface area contributed by atoms with Crippen LogP contribution < -0.4 is 5.32 Å². The predicted octanol–water partition coefficient (Wildman–Crippen LogP) is 3.15. The number of carbonyl (C=O) groups is 3. The fourth-order valence-corrected chi connectivity index (χ4v) is 3.58. The Bertz CT molecular complexity index is 991. The first-order valence-electron chi connectivity index (χ1n) is 8.62. The molecule has 2 aromatic rings. The SMILES string of the molecule is O=C(CN1C(=O)SC(=Cc2ccc(Cl)cc2)C1=O)NCCc1ccc(O)c(O)c1. The standard InChI is InChI=1S/C20H17ClN2O5S/c21-14-4-1-12(2-5-14)10-17-19(27)23(20(28)29-17)11-18(26)22-8-7-13-3-6-15(24)16(25)9-13/h1-6,9-10,24-25H,7-8,11H2,(H,22,26). The Morgan fingerprint density at radius 1 is 1.10 bits per heavy atom. The number of imide groups is 1. The molecule has 1 heterocycles. The lowest BCUT2D eigenvalue weighted by Crippen LogP contribution is -2.40. The molecule has 3 rings (SSSR count). The van der Waals surface area contributed by atoms with Crippen molar-refractivity contribution in [1.29, 1.82) is 0 Å².